The first-order valence-electron chi connectivity index (χ1n) is 12.8. The molecule has 2 aliphatic heterocycles. The summed E-state index contributed by atoms with van der Waals surface area (Å²) in [5.41, 5.74) is 0.0825. The minimum Gasteiger partial charge on any atom is -0.483 e. The first kappa shape index (κ1) is 28.8. The Morgan fingerprint density at radius 3 is 2.26 bits per heavy atom. The van der Waals surface area contributed by atoms with E-state index in [4.69, 9.17) is 9.47 Å². The molecule has 12 nitrogen and oxygen atoms in total. The van der Waals surface area contributed by atoms with Gasteiger partial charge in [0.25, 0.3) is 17.7 Å². The van der Waals surface area contributed by atoms with Gasteiger partial charge in [-0.3, -0.25) is 39.0 Å². The monoisotopic (exact) mass is 530 g/mol. The molecule has 1 aromatic rings. The third kappa shape index (κ3) is 7.60. The molecule has 1 saturated heterocycles. The summed E-state index contributed by atoms with van der Waals surface area (Å²) >= 11 is 0. The lowest BCUT2D eigenvalue weighted by atomic mass is 10.0. The van der Waals surface area contributed by atoms with E-state index in [1.165, 1.54) is 18.2 Å². The number of benzene rings is 1. The molecule has 2 aliphatic rings. The fourth-order valence-corrected chi connectivity index (χ4v) is 4.15. The number of nitrogens with one attached hydrogen (secondary N) is 3. The maximum Gasteiger partial charge on any atom is 0.266 e. The van der Waals surface area contributed by atoms with Crippen molar-refractivity contribution >= 4 is 35.4 Å². The Morgan fingerprint density at radius 2 is 1.63 bits per heavy atom. The molecule has 1 unspecified atom stereocenters. The zero-order chi connectivity index (χ0) is 27.7. The predicted molar refractivity (Wildman–Crippen MR) is 134 cm³/mol. The molecule has 12 heteroatoms. The van der Waals surface area contributed by atoms with Crippen LogP contribution < -0.4 is 20.7 Å². The maximum atomic E-state index is 13.0. The fraction of sp³-hybridized carbons (Fsp3) is 0.538. The molecule has 3 N–H and O–H groups in total. The number of amides is 6. The topological polar surface area (TPSA) is 160 Å². The van der Waals surface area contributed by atoms with E-state index in [0.29, 0.717) is 13.1 Å². The fourth-order valence-electron chi connectivity index (χ4n) is 4.15. The van der Waals surface area contributed by atoms with Crippen LogP contribution in [0.4, 0.5) is 0 Å². The summed E-state index contributed by atoms with van der Waals surface area (Å²) in [6.07, 6.45) is 3.44. The lowest BCUT2D eigenvalue weighted by Crippen LogP contribution is -2.54. The average molecular weight is 531 g/mol. The van der Waals surface area contributed by atoms with Gasteiger partial charge < -0.3 is 20.1 Å². The number of rotatable bonds is 14. The van der Waals surface area contributed by atoms with Crippen LogP contribution >= 0.6 is 0 Å². The Balaban J connectivity index is 1.38. The van der Waals surface area contributed by atoms with Crippen molar-refractivity contribution < 1.29 is 38.2 Å². The van der Waals surface area contributed by atoms with Crippen molar-refractivity contribution in [1.82, 2.24) is 20.9 Å². The Kier molecular flexibility index (Phi) is 10.3. The predicted octanol–water partition coefficient (Wildman–Crippen LogP) is 0.684. The zero-order valence-electron chi connectivity index (χ0n) is 21.7. The molecule has 1 aromatic carbocycles. The van der Waals surface area contributed by atoms with Gasteiger partial charge in [-0.2, -0.15) is 0 Å². The number of hydrogen-bond acceptors (Lipinski definition) is 8. The summed E-state index contributed by atoms with van der Waals surface area (Å²) in [4.78, 5) is 74.2. The number of carbonyl (C=O) groups excluding carboxylic acids is 6. The normalized spacial score (nSPS) is 16.9. The highest BCUT2D eigenvalue weighted by Gasteiger charge is 2.46. The molecule has 0 aliphatic carbocycles. The van der Waals surface area contributed by atoms with Crippen LogP contribution in [-0.2, 0) is 23.9 Å². The van der Waals surface area contributed by atoms with E-state index in [1.54, 1.807) is 0 Å². The standard InChI is InChI=1S/C26H34N4O8/c1-16(2)37-14-21(32)27-12-5-3-4-6-13-28-22(33)15-38-19-9-7-8-17-23(19)26(36)30(25(17)35)18-10-11-20(31)29-24(18)34/h7-9,16,18H,3-6,10-15H2,1-2H3,(H,27,32)(H,28,33)(H,29,31,34). The summed E-state index contributed by atoms with van der Waals surface area (Å²) in [5, 5.41) is 7.70. The molecule has 0 radical (unpaired) electrons. The lowest BCUT2D eigenvalue weighted by Gasteiger charge is -2.27. The van der Waals surface area contributed by atoms with Gasteiger partial charge in [0.1, 0.15) is 18.4 Å². The molecule has 2 heterocycles. The zero-order valence-corrected chi connectivity index (χ0v) is 21.7. The van der Waals surface area contributed by atoms with Crippen LogP contribution in [0, 0.1) is 0 Å². The van der Waals surface area contributed by atoms with Crippen molar-refractivity contribution in [1.29, 1.82) is 0 Å². The summed E-state index contributed by atoms with van der Waals surface area (Å²) in [5.74, 6) is -2.92. The van der Waals surface area contributed by atoms with Gasteiger partial charge in [0.15, 0.2) is 6.61 Å². The highest BCUT2D eigenvalue weighted by atomic mass is 16.5. The van der Waals surface area contributed by atoms with Gasteiger partial charge in [0.05, 0.1) is 17.2 Å². The smallest absolute Gasteiger partial charge is 0.266 e. The van der Waals surface area contributed by atoms with Gasteiger partial charge in [-0.1, -0.05) is 18.9 Å². The molecular formula is C26H34N4O8. The van der Waals surface area contributed by atoms with Crippen LogP contribution in [0.1, 0.15) is 73.1 Å². The van der Waals surface area contributed by atoms with Gasteiger partial charge in [0.2, 0.25) is 17.7 Å². The van der Waals surface area contributed by atoms with Crippen molar-refractivity contribution in [2.75, 3.05) is 26.3 Å². The molecule has 0 bridgehead atoms. The Morgan fingerprint density at radius 1 is 0.974 bits per heavy atom. The van der Waals surface area contributed by atoms with Crippen LogP contribution in [0.3, 0.4) is 0 Å². The molecular weight excluding hydrogens is 496 g/mol. The van der Waals surface area contributed by atoms with Crippen molar-refractivity contribution in [2.24, 2.45) is 0 Å². The maximum absolute atomic E-state index is 13.0. The number of piperidine rings is 1. The molecule has 38 heavy (non-hydrogen) atoms. The van der Waals surface area contributed by atoms with Gasteiger partial charge >= 0.3 is 0 Å². The Bertz CT molecular complexity index is 1090. The molecule has 1 atom stereocenters. The first-order chi connectivity index (χ1) is 18.2. The third-order valence-corrected chi connectivity index (χ3v) is 6.08. The van der Waals surface area contributed by atoms with E-state index in [2.05, 4.69) is 16.0 Å². The summed E-state index contributed by atoms with van der Waals surface area (Å²) in [6, 6.07) is 3.40. The number of fused-ring (bicyclic) bond motifs is 1. The van der Waals surface area contributed by atoms with E-state index >= 15 is 0 Å². The molecule has 0 saturated carbocycles. The molecule has 6 amide bonds. The third-order valence-electron chi connectivity index (χ3n) is 6.08. The SMILES string of the molecule is CC(C)OCC(=O)NCCCCCCNC(=O)COc1cccc2c1C(=O)N(C1CCC(=O)NC1=O)C2=O. The van der Waals surface area contributed by atoms with E-state index < -0.39 is 29.7 Å². The highest BCUT2D eigenvalue weighted by molar-refractivity contribution is 6.24. The van der Waals surface area contributed by atoms with Gasteiger partial charge in [0, 0.05) is 19.5 Å². The second-order valence-corrected chi connectivity index (χ2v) is 9.39. The van der Waals surface area contributed by atoms with Gasteiger partial charge in [-0.25, -0.2) is 0 Å². The number of nitrogens with zero attached hydrogens (tertiary/aromatic N) is 1. The number of carbonyl (C=O) groups is 6. The number of imide groups is 2. The van der Waals surface area contributed by atoms with Crippen molar-refractivity contribution in [3.05, 3.63) is 29.3 Å². The first-order valence-corrected chi connectivity index (χ1v) is 12.8. The van der Waals surface area contributed by atoms with E-state index in [9.17, 15) is 28.8 Å². The number of unbranched alkanes of at least 4 members (excludes halogenated alkanes) is 3. The molecule has 3 rings (SSSR count). The minimum absolute atomic E-state index is 0.00198. The van der Waals surface area contributed by atoms with Crippen molar-refractivity contribution in [2.45, 2.75) is 64.5 Å². The summed E-state index contributed by atoms with van der Waals surface area (Å²) in [7, 11) is 0. The van der Waals surface area contributed by atoms with Crippen molar-refractivity contribution in [3.63, 3.8) is 0 Å². The Hall–Kier alpha value is -3.80. The van der Waals surface area contributed by atoms with Crippen LogP contribution in [0.15, 0.2) is 18.2 Å². The van der Waals surface area contributed by atoms with Gasteiger partial charge in [-0.15, -0.1) is 0 Å². The minimum atomic E-state index is -1.08. The number of hydrogen-bond donors (Lipinski definition) is 3. The molecule has 0 aromatic heterocycles. The summed E-state index contributed by atoms with van der Waals surface area (Å²) in [6.45, 7) is 4.47. The molecule has 0 spiro atoms. The average Bonchev–Trinajstić information content (AvgIpc) is 3.13. The van der Waals surface area contributed by atoms with Crippen molar-refractivity contribution in [3.8, 4) is 5.75 Å². The van der Waals surface area contributed by atoms with E-state index in [1.807, 2.05) is 13.8 Å². The second kappa shape index (κ2) is 13.7. The highest BCUT2D eigenvalue weighted by Crippen LogP contribution is 2.33. The lowest BCUT2D eigenvalue weighted by molar-refractivity contribution is -0.136. The van der Waals surface area contributed by atoms with E-state index in [0.717, 1.165) is 30.6 Å². The quantitative estimate of drug-likeness (QED) is 0.234. The second-order valence-electron chi connectivity index (χ2n) is 9.39. The number of ether oxygens (including phenoxy) is 2. The van der Waals surface area contributed by atoms with Crippen LogP contribution in [0.25, 0.3) is 0 Å². The molecule has 1 fully saturated rings. The van der Waals surface area contributed by atoms with E-state index in [-0.39, 0.29) is 60.9 Å². The van der Waals surface area contributed by atoms with Crippen LogP contribution in [-0.4, -0.2) is 78.8 Å². The summed E-state index contributed by atoms with van der Waals surface area (Å²) < 4.78 is 10.8. The van der Waals surface area contributed by atoms with Crippen LogP contribution in [0.2, 0.25) is 0 Å². The largest absolute Gasteiger partial charge is 0.483 e. The van der Waals surface area contributed by atoms with Crippen LogP contribution in [0.5, 0.6) is 5.75 Å². The van der Waals surface area contributed by atoms with Gasteiger partial charge in [-0.05, 0) is 45.2 Å². The molecule has 206 valence electrons. The Labute approximate surface area is 220 Å².